The molecule has 1 aromatic rings. The zero-order valence-electron chi connectivity index (χ0n) is 11.1. The van der Waals surface area contributed by atoms with Crippen LogP contribution in [-0.2, 0) is 4.74 Å². The number of nitrogens with zero attached hydrogens (tertiary/aromatic N) is 1. The number of hydrogen-bond acceptors (Lipinski definition) is 3. The second-order valence-corrected chi connectivity index (χ2v) is 4.96. The van der Waals surface area contributed by atoms with E-state index in [1.807, 2.05) is 7.05 Å². The van der Waals surface area contributed by atoms with Crippen LogP contribution in [0.1, 0.15) is 30.6 Å². The smallest absolute Gasteiger partial charge is 0.126 e. The van der Waals surface area contributed by atoms with Crippen LogP contribution in [0.15, 0.2) is 12.1 Å². The number of halogens is 1. The summed E-state index contributed by atoms with van der Waals surface area (Å²) in [6.45, 7) is 4.85. The second kappa shape index (κ2) is 5.24. The van der Waals surface area contributed by atoms with Gasteiger partial charge in [-0.25, -0.2) is 4.39 Å². The van der Waals surface area contributed by atoms with Crippen molar-refractivity contribution in [2.45, 2.75) is 32.4 Å². The fraction of sp³-hybridized carbons (Fsp3) is 0.571. The van der Waals surface area contributed by atoms with Gasteiger partial charge in [0.25, 0.3) is 0 Å². The minimum absolute atomic E-state index is 0.272. The Morgan fingerprint density at radius 1 is 1.50 bits per heavy atom. The Hall–Kier alpha value is -1.13. The maximum absolute atomic E-state index is 13.6. The topological polar surface area (TPSA) is 32.7 Å². The van der Waals surface area contributed by atoms with Crippen LogP contribution in [-0.4, -0.2) is 31.4 Å². The average Bonchev–Trinajstić information content (AvgIpc) is 2.84. The summed E-state index contributed by atoms with van der Waals surface area (Å²) in [5, 5.41) is 9.79. The van der Waals surface area contributed by atoms with Gasteiger partial charge >= 0.3 is 0 Å². The number of aryl methyl sites for hydroxylation is 1. The van der Waals surface area contributed by atoms with Crippen LogP contribution in [0.5, 0.6) is 0 Å². The Morgan fingerprint density at radius 2 is 2.22 bits per heavy atom. The van der Waals surface area contributed by atoms with Gasteiger partial charge in [0, 0.05) is 24.9 Å². The number of rotatable bonds is 3. The van der Waals surface area contributed by atoms with Crippen molar-refractivity contribution in [3.8, 4) is 0 Å². The van der Waals surface area contributed by atoms with Crippen molar-refractivity contribution in [1.82, 2.24) is 0 Å². The van der Waals surface area contributed by atoms with E-state index in [1.54, 1.807) is 19.9 Å². The van der Waals surface area contributed by atoms with E-state index in [0.717, 1.165) is 18.7 Å². The Bertz CT molecular complexity index is 428. The molecule has 1 aliphatic heterocycles. The number of ether oxygens (including phenoxy) is 1. The molecule has 0 spiro atoms. The lowest BCUT2D eigenvalue weighted by molar-refractivity contribution is 0.192. The molecule has 2 atom stereocenters. The molecule has 0 radical (unpaired) electrons. The lowest BCUT2D eigenvalue weighted by atomic mass is 10.0. The predicted octanol–water partition coefficient (Wildman–Crippen LogP) is 2.41. The molecule has 2 unspecified atom stereocenters. The van der Waals surface area contributed by atoms with Gasteiger partial charge in [0.05, 0.1) is 18.8 Å². The summed E-state index contributed by atoms with van der Waals surface area (Å²) < 4.78 is 19.0. The Labute approximate surface area is 107 Å². The molecule has 1 heterocycles. The Morgan fingerprint density at radius 3 is 2.78 bits per heavy atom. The van der Waals surface area contributed by atoms with Crippen molar-refractivity contribution >= 4 is 5.69 Å². The number of benzene rings is 1. The van der Waals surface area contributed by atoms with Crippen LogP contribution in [0.4, 0.5) is 10.1 Å². The minimum Gasteiger partial charge on any atom is -0.389 e. The first-order chi connectivity index (χ1) is 8.50. The second-order valence-electron chi connectivity index (χ2n) is 4.96. The number of aliphatic hydroxyl groups excluding tert-OH is 1. The fourth-order valence-electron chi connectivity index (χ4n) is 2.35. The molecule has 0 saturated carbocycles. The highest BCUT2D eigenvalue weighted by Crippen LogP contribution is 2.31. The highest BCUT2D eigenvalue weighted by molar-refractivity contribution is 5.57. The molecule has 0 aromatic heterocycles. The molecule has 0 bridgehead atoms. The maximum Gasteiger partial charge on any atom is 0.126 e. The lowest BCUT2D eigenvalue weighted by Gasteiger charge is -2.29. The van der Waals surface area contributed by atoms with Gasteiger partial charge in [-0.2, -0.15) is 0 Å². The third-order valence-electron chi connectivity index (χ3n) is 3.59. The summed E-state index contributed by atoms with van der Waals surface area (Å²) >= 11 is 0. The molecule has 3 nitrogen and oxygen atoms in total. The van der Waals surface area contributed by atoms with Gasteiger partial charge in [0.1, 0.15) is 5.82 Å². The molecular weight excluding hydrogens is 233 g/mol. The van der Waals surface area contributed by atoms with E-state index in [1.165, 1.54) is 6.07 Å². The van der Waals surface area contributed by atoms with Crippen LogP contribution in [0.25, 0.3) is 0 Å². The molecule has 1 fully saturated rings. The molecule has 0 aliphatic carbocycles. The highest BCUT2D eigenvalue weighted by atomic mass is 19.1. The van der Waals surface area contributed by atoms with Gasteiger partial charge in [-0.15, -0.1) is 0 Å². The van der Waals surface area contributed by atoms with E-state index >= 15 is 0 Å². The summed E-state index contributed by atoms with van der Waals surface area (Å²) in [4.78, 5) is 2.08. The van der Waals surface area contributed by atoms with E-state index < -0.39 is 6.10 Å². The zero-order chi connectivity index (χ0) is 13.3. The normalized spacial score (nSPS) is 21.1. The molecule has 100 valence electrons. The first kappa shape index (κ1) is 13.3. The summed E-state index contributed by atoms with van der Waals surface area (Å²) in [5.41, 5.74) is 2.12. The van der Waals surface area contributed by atoms with Gasteiger partial charge in [-0.3, -0.25) is 0 Å². The zero-order valence-corrected chi connectivity index (χ0v) is 11.1. The van der Waals surface area contributed by atoms with Gasteiger partial charge in [-0.05, 0) is 38.0 Å². The molecule has 2 rings (SSSR count). The maximum atomic E-state index is 13.6. The van der Waals surface area contributed by atoms with E-state index in [2.05, 4.69) is 4.90 Å². The van der Waals surface area contributed by atoms with Crippen molar-refractivity contribution in [3.63, 3.8) is 0 Å². The SMILES string of the molecule is Cc1cc(N(C)C2CCOC2)c(C(C)O)cc1F. The monoisotopic (exact) mass is 253 g/mol. The molecule has 1 aliphatic rings. The van der Waals surface area contributed by atoms with E-state index in [0.29, 0.717) is 23.8 Å². The van der Waals surface area contributed by atoms with E-state index in [9.17, 15) is 9.50 Å². The molecule has 1 aromatic carbocycles. The molecule has 18 heavy (non-hydrogen) atoms. The molecule has 1 saturated heterocycles. The van der Waals surface area contributed by atoms with Crippen LogP contribution >= 0.6 is 0 Å². The third-order valence-corrected chi connectivity index (χ3v) is 3.59. The van der Waals surface area contributed by atoms with Gasteiger partial charge in [0.2, 0.25) is 0 Å². The standard InChI is InChI=1S/C14H20FNO2/c1-9-6-14(12(10(2)17)7-13(9)15)16(3)11-4-5-18-8-11/h6-7,10-11,17H,4-5,8H2,1-3H3. The van der Waals surface area contributed by atoms with Crippen LogP contribution < -0.4 is 4.90 Å². The number of anilines is 1. The average molecular weight is 253 g/mol. The third kappa shape index (κ3) is 2.49. The minimum atomic E-state index is -0.681. The molecule has 0 amide bonds. The summed E-state index contributed by atoms with van der Waals surface area (Å²) in [7, 11) is 1.97. The van der Waals surface area contributed by atoms with Crippen molar-refractivity contribution in [2.24, 2.45) is 0 Å². The fourth-order valence-corrected chi connectivity index (χ4v) is 2.35. The summed E-state index contributed by atoms with van der Waals surface area (Å²) in [6.07, 6.45) is 0.284. The van der Waals surface area contributed by atoms with Gasteiger partial charge in [0.15, 0.2) is 0 Å². The highest BCUT2D eigenvalue weighted by Gasteiger charge is 2.24. The molecule has 1 N–H and O–H groups in total. The Balaban J connectivity index is 2.38. The van der Waals surface area contributed by atoms with Crippen molar-refractivity contribution < 1.29 is 14.2 Å². The van der Waals surface area contributed by atoms with Crippen molar-refractivity contribution in [2.75, 3.05) is 25.2 Å². The lowest BCUT2D eigenvalue weighted by Crippen LogP contribution is -2.32. The van der Waals surface area contributed by atoms with Crippen molar-refractivity contribution in [3.05, 3.63) is 29.1 Å². The first-order valence-electron chi connectivity index (χ1n) is 6.29. The Kier molecular flexibility index (Phi) is 3.88. The van der Waals surface area contributed by atoms with Crippen LogP contribution in [0.2, 0.25) is 0 Å². The van der Waals surface area contributed by atoms with Crippen LogP contribution in [0, 0.1) is 12.7 Å². The van der Waals surface area contributed by atoms with Crippen molar-refractivity contribution in [1.29, 1.82) is 0 Å². The number of likely N-dealkylation sites (N-methyl/N-ethyl adjacent to an activating group) is 1. The van der Waals surface area contributed by atoms with E-state index in [-0.39, 0.29) is 5.82 Å². The first-order valence-corrected chi connectivity index (χ1v) is 6.29. The van der Waals surface area contributed by atoms with Gasteiger partial charge in [-0.1, -0.05) is 0 Å². The summed E-state index contributed by atoms with van der Waals surface area (Å²) in [6, 6.07) is 3.53. The predicted molar refractivity (Wildman–Crippen MR) is 69.4 cm³/mol. The molecular formula is C14H20FNO2. The van der Waals surface area contributed by atoms with E-state index in [4.69, 9.17) is 4.74 Å². The molecule has 4 heteroatoms. The number of hydrogen-bond donors (Lipinski definition) is 1. The van der Waals surface area contributed by atoms with Crippen LogP contribution in [0.3, 0.4) is 0 Å². The quantitative estimate of drug-likeness (QED) is 0.898. The van der Waals surface area contributed by atoms with Gasteiger partial charge < -0.3 is 14.7 Å². The largest absolute Gasteiger partial charge is 0.389 e. The summed E-state index contributed by atoms with van der Waals surface area (Å²) in [5.74, 6) is -0.272. The number of aliphatic hydroxyl groups is 1.